The lowest BCUT2D eigenvalue weighted by atomic mass is 9.50. The summed E-state index contributed by atoms with van der Waals surface area (Å²) in [5.41, 5.74) is 5.61. The smallest absolute Gasteiger partial charge is 0.303 e. The molecular weight excluding hydrogens is 376 g/mol. The standard InChI is InChI=1S/C25H34N2O3/c1-24-12-9-20-19-8-6-18(27-30)16-17(19)5-7-21(20)22(24)10-13-25(24,14-15-26)11-3-2-4-23(28)29/h16,21-22,30H,2-14H2,1H3,(H,28,29)/t21?,22?,24-,25-/m0/s1. The molecule has 4 aliphatic rings. The number of allylic oxidation sites excluding steroid dienone is 4. The molecule has 0 radical (unpaired) electrons. The molecule has 2 saturated carbocycles. The first kappa shape index (κ1) is 21.2. The van der Waals surface area contributed by atoms with E-state index in [2.05, 4.69) is 24.2 Å². The number of fused-ring (bicyclic) bond motifs is 4. The highest BCUT2D eigenvalue weighted by Crippen LogP contribution is 2.69. The van der Waals surface area contributed by atoms with Crippen LogP contribution >= 0.6 is 0 Å². The van der Waals surface area contributed by atoms with Crippen molar-refractivity contribution < 1.29 is 15.1 Å². The number of aliphatic carboxylic acids is 1. The van der Waals surface area contributed by atoms with E-state index in [0.29, 0.717) is 24.7 Å². The van der Waals surface area contributed by atoms with Crippen LogP contribution in [-0.4, -0.2) is 22.0 Å². The zero-order chi connectivity index (χ0) is 21.4. The van der Waals surface area contributed by atoms with Crippen molar-refractivity contribution in [1.29, 1.82) is 5.26 Å². The van der Waals surface area contributed by atoms with Crippen LogP contribution in [-0.2, 0) is 4.79 Å². The van der Waals surface area contributed by atoms with E-state index >= 15 is 0 Å². The minimum atomic E-state index is -0.721. The van der Waals surface area contributed by atoms with E-state index in [-0.39, 0.29) is 17.3 Å². The molecule has 0 amide bonds. The molecule has 0 aromatic rings. The van der Waals surface area contributed by atoms with Crippen LogP contribution in [0.25, 0.3) is 0 Å². The Hall–Kier alpha value is -2.09. The van der Waals surface area contributed by atoms with E-state index in [4.69, 9.17) is 10.3 Å². The van der Waals surface area contributed by atoms with E-state index in [1.165, 1.54) is 18.4 Å². The molecule has 30 heavy (non-hydrogen) atoms. The Morgan fingerprint density at radius 3 is 2.80 bits per heavy atom. The van der Waals surface area contributed by atoms with Gasteiger partial charge in [0.1, 0.15) is 0 Å². The summed E-state index contributed by atoms with van der Waals surface area (Å²) in [7, 11) is 0. The van der Waals surface area contributed by atoms with E-state index in [9.17, 15) is 10.1 Å². The van der Waals surface area contributed by atoms with E-state index < -0.39 is 5.97 Å². The molecule has 0 heterocycles. The Morgan fingerprint density at radius 1 is 1.23 bits per heavy atom. The molecular formula is C25H34N2O3. The van der Waals surface area contributed by atoms with Crippen LogP contribution in [0.1, 0.15) is 90.4 Å². The highest BCUT2D eigenvalue weighted by Gasteiger charge is 2.60. The average Bonchev–Trinajstić information content (AvgIpc) is 3.03. The summed E-state index contributed by atoms with van der Waals surface area (Å²) < 4.78 is 0. The highest BCUT2D eigenvalue weighted by atomic mass is 16.4. The van der Waals surface area contributed by atoms with Gasteiger partial charge in [-0.1, -0.05) is 24.1 Å². The molecule has 4 aliphatic carbocycles. The zero-order valence-electron chi connectivity index (χ0n) is 18.1. The molecule has 2 unspecified atom stereocenters. The van der Waals surface area contributed by atoms with Gasteiger partial charge in [-0.15, -0.1) is 0 Å². The first-order valence-corrected chi connectivity index (χ1v) is 11.7. The molecule has 2 N–H and O–H groups in total. The predicted octanol–water partition coefficient (Wildman–Crippen LogP) is 6.00. The number of hydrogen-bond acceptors (Lipinski definition) is 4. The minimum Gasteiger partial charge on any atom is -0.481 e. The summed E-state index contributed by atoms with van der Waals surface area (Å²) in [6.45, 7) is 2.45. The van der Waals surface area contributed by atoms with E-state index in [1.807, 2.05) is 0 Å². The Labute approximate surface area is 179 Å². The third-order valence-corrected chi connectivity index (χ3v) is 9.12. The Bertz CT molecular complexity index is 849. The monoisotopic (exact) mass is 410 g/mol. The van der Waals surface area contributed by atoms with Crippen LogP contribution in [0.5, 0.6) is 0 Å². The van der Waals surface area contributed by atoms with Crippen molar-refractivity contribution in [2.45, 2.75) is 90.4 Å². The molecule has 0 bridgehead atoms. The van der Waals surface area contributed by atoms with Gasteiger partial charge in [0.15, 0.2) is 0 Å². The van der Waals surface area contributed by atoms with Crippen LogP contribution < -0.4 is 0 Å². The minimum absolute atomic E-state index is 0.0422. The fourth-order valence-electron chi connectivity index (χ4n) is 7.53. The van der Waals surface area contributed by atoms with Crippen molar-refractivity contribution in [2.75, 3.05) is 0 Å². The number of nitrogens with zero attached hydrogens (tertiary/aromatic N) is 2. The Morgan fingerprint density at radius 2 is 2.07 bits per heavy atom. The quantitative estimate of drug-likeness (QED) is 0.319. The SMILES string of the molecule is C[C@]12CCC3=C4CCC(=NO)C=C4CCC3C1CC[C@]2(CC#N)CCCCC(=O)O. The number of carbonyl (C=O) groups is 1. The van der Waals surface area contributed by atoms with Gasteiger partial charge in [0.05, 0.1) is 11.8 Å². The van der Waals surface area contributed by atoms with Crippen LogP contribution in [0, 0.1) is 34.0 Å². The fraction of sp³-hybridized carbons (Fsp3) is 0.720. The number of oxime groups is 1. The molecule has 0 spiro atoms. The van der Waals surface area contributed by atoms with Gasteiger partial charge in [0.25, 0.3) is 0 Å². The number of nitriles is 1. The second-order valence-electron chi connectivity index (χ2n) is 10.2. The largest absolute Gasteiger partial charge is 0.481 e. The molecule has 0 saturated heterocycles. The lowest BCUT2D eigenvalue weighted by Crippen LogP contribution is -2.45. The summed E-state index contributed by atoms with van der Waals surface area (Å²) in [5, 5.41) is 31.3. The summed E-state index contributed by atoms with van der Waals surface area (Å²) >= 11 is 0. The van der Waals surface area contributed by atoms with Crippen molar-refractivity contribution in [2.24, 2.45) is 27.8 Å². The van der Waals surface area contributed by atoms with Crippen LogP contribution in [0.15, 0.2) is 28.0 Å². The molecule has 4 atom stereocenters. The summed E-state index contributed by atoms with van der Waals surface area (Å²) in [5.74, 6) is 0.542. The first-order chi connectivity index (χ1) is 14.4. The topological polar surface area (TPSA) is 93.7 Å². The van der Waals surface area contributed by atoms with Crippen LogP contribution in [0.3, 0.4) is 0 Å². The number of carboxylic acids is 1. The number of carboxylic acid groups (broad SMARTS) is 1. The predicted molar refractivity (Wildman–Crippen MR) is 115 cm³/mol. The fourth-order valence-corrected chi connectivity index (χ4v) is 7.53. The second-order valence-corrected chi connectivity index (χ2v) is 10.2. The molecule has 0 aliphatic heterocycles. The normalized spacial score (nSPS) is 36.5. The van der Waals surface area contributed by atoms with Crippen molar-refractivity contribution in [3.05, 3.63) is 22.8 Å². The summed E-state index contributed by atoms with van der Waals surface area (Å²) in [6, 6.07) is 2.51. The van der Waals surface area contributed by atoms with Crippen molar-refractivity contribution in [1.82, 2.24) is 0 Å². The molecule has 5 nitrogen and oxygen atoms in total. The van der Waals surface area contributed by atoms with Gasteiger partial charge in [-0.3, -0.25) is 4.79 Å². The average molecular weight is 411 g/mol. The summed E-state index contributed by atoms with van der Waals surface area (Å²) in [4.78, 5) is 10.9. The zero-order valence-corrected chi connectivity index (χ0v) is 18.1. The maximum Gasteiger partial charge on any atom is 0.303 e. The van der Waals surface area contributed by atoms with Gasteiger partial charge in [-0.2, -0.15) is 5.26 Å². The molecule has 5 heteroatoms. The van der Waals surface area contributed by atoms with Crippen molar-refractivity contribution in [3.63, 3.8) is 0 Å². The molecule has 2 fully saturated rings. The first-order valence-electron chi connectivity index (χ1n) is 11.7. The van der Waals surface area contributed by atoms with Gasteiger partial charge in [0, 0.05) is 12.8 Å². The van der Waals surface area contributed by atoms with Gasteiger partial charge in [-0.25, -0.2) is 0 Å². The maximum absolute atomic E-state index is 10.9. The Kier molecular flexibility index (Phi) is 5.79. The lowest BCUT2D eigenvalue weighted by Gasteiger charge is -2.53. The molecule has 0 aromatic heterocycles. The number of unbranched alkanes of at least 4 members (excludes halogenated alkanes) is 1. The molecule has 162 valence electrons. The Balaban J connectivity index is 1.59. The van der Waals surface area contributed by atoms with Gasteiger partial charge < -0.3 is 10.3 Å². The molecule has 0 aromatic carbocycles. The third-order valence-electron chi connectivity index (χ3n) is 9.12. The maximum atomic E-state index is 10.9. The summed E-state index contributed by atoms with van der Waals surface area (Å²) in [6.07, 6.45) is 14.2. The van der Waals surface area contributed by atoms with E-state index in [0.717, 1.165) is 57.1 Å². The van der Waals surface area contributed by atoms with Crippen LogP contribution in [0.2, 0.25) is 0 Å². The third kappa shape index (κ3) is 3.39. The second kappa shape index (κ2) is 8.21. The van der Waals surface area contributed by atoms with Gasteiger partial charge in [-0.05, 0) is 104 Å². The lowest BCUT2D eigenvalue weighted by molar-refractivity contribution is -0.137. The van der Waals surface area contributed by atoms with Crippen LogP contribution in [0.4, 0.5) is 0 Å². The van der Waals surface area contributed by atoms with Crippen molar-refractivity contribution in [3.8, 4) is 6.07 Å². The van der Waals surface area contributed by atoms with Gasteiger partial charge in [0.2, 0.25) is 0 Å². The molecule has 4 rings (SSSR count). The number of rotatable bonds is 6. The van der Waals surface area contributed by atoms with Crippen molar-refractivity contribution >= 4 is 11.7 Å². The highest BCUT2D eigenvalue weighted by molar-refractivity contribution is 5.97. The number of hydrogen-bond donors (Lipinski definition) is 2. The van der Waals surface area contributed by atoms with Gasteiger partial charge >= 0.3 is 5.97 Å². The van der Waals surface area contributed by atoms with E-state index in [1.54, 1.807) is 11.1 Å².